The molecule has 2 aromatic rings. The van der Waals surface area contributed by atoms with Crippen molar-refractivity contribution < 1.29 is 4.79 Å². The number of carbonyl (C=O) groups is 1. The van der Waals surface area contributed by atoms with Crippen molar-refractivity contribution in [2.75, 3.05) is 11.9 Å². The maximum absolute atomic E-state index is 12.1. The fourth-order valence-electron chi connectivity index (χ4n) is 2.66. The molecule has 4 nitrogen and oxygen atoms in total. The van der Waals surface area contributed by atoms with Gasteiger partial charge in [-0.25, -0.2) is 4.98 Å². The monoisotopic (exact) mass is 323 g/mol. The largest absolute Gasteiger partial charge is 0.325 e. The van der Waals surface area contributed by atoms with E-state index in [0.717, 1.165) is 30.6 Å². The number of fused-ring (bicyclic) bond motifs is 1. The number of carbonyl (C=O) groups excluding carboxylic acids is 1. The molecule has 1 atom stereocenters. The van der Waals surface area contributed by atoms with Crippen LogP contribution in [-0.4, -0.2) is 23.5 Å². The molecule has 2 fully saturated rings. The Morgan fingerprint density at radius 3 is 2.90 bits per heavy atom. The highest BCUT2D eigenvalue weighted by Crippen LogP contribution is 2.43. The summed E-state index contributed by atoms with van der Waals surface area (Å²) in [7, 11) is 0. The summed E-state index contributed by atoms with van der Waals surface area (Å²) in [5.41, 5.74) is 1.93. The Morgan fingerprint density at radius 1 is 1.33 bits per heavy atom. The molecule has 1 unspecified atom stereocenters. The van der Waals surface area contributed by atoms with Gasteiger partial charge < -0.3 is 10.6 Å². The first-order chi connectivity index (χ1) is 9.79. The first-order valence-corrected chi connectivity index (χ1v) is 8.06. The number of halogens is 1. The first-order valence-electron chi connectivity index (χ1n) is 7.24. The Bertz CT molecular complexity index is 662. The third-order valence-electron chi connectivity index (χ3n) is 3.98. The van der Waals surface area contributed by atoms with Gasteiger partial charge in [-0.05, 0) is 50.4 Å². The van der Waals surface area contributed by atoms with Gasteiger partial charge in [0.25, 0.3) is 0 Å². The second-order valence-electron chi connectivity index (χ2n) is 5.65. The molecule has 2 heterocycles. The number of rotatable bonds is 3. The van der Waals surface area contributed by atoms with Crippen molar-refractivity contribution in [3.8, 4) is 0 Å². The third-order valence-corrected chi connectivity index (χ3v) is 5.16. The van der Waals surface area contributed by atoms with E-state index < -0.39 is 0 Å². The summed E-state index contributed by atoms with van der Waals surface area (Å²) >= 11 is 1.76. The minimum Gasteiger partial charge on any atom is -0.325 e. The molecule has 0 radical (unpaired) electrons. The van der Waals surface area contributed by atoms with Gasteiger partial charge in [0, 0.05) is 11.6 Å². The molecule has 2 aliphatic rings. The first kappa shape index (κ1) is 14.8. The Hall–Kier alpha value is -1.17. The molecule has 112 valence electrons. The number of benzene rings is 1. The van der Waals surface area contributed by atoms with Crippen LogP contribution in [0.15, 0.2) is 18.2 Å². The van der Waals surface area contributed by atoms with E-state index in [1.165, 1.54) is 22.5 Å². The molecule has 1 aliphatic carbocycles. The van der Waals surface area contributed by atoms with Gasteiger partial charge in [0.05, 0.1) is 21.3 Å². The average molecular weight is 324 g/mol. The fourth-order valence-corrected chi connectivity index (χ4v) is 3.84. The Balaban J connectivity index is 0.00000132. The number of nitrogens with one attached hydrogen (secondary N) is 2. The minimum atomic E-state index is -0.0332. The molecule has 6 heteroatoms. The zero-order valence-electron chi connectivity index (χ0n) is 11.6. The predicted molar refractivity (Wildman–Crippen MR) is 88.5 cm³/mol. The van der Waals surface area contributed by atoms with E-state index in [1.807, 2.05) is 18.2 Å². The predicted octanol–water partition coefficient (Wildman–Crippen LogP) is 3.29. The zero-order chi connectivity index (χ0) is 13.5. The van der Waals surface area contributed by atoms with Crippen LogP contribution in [0.5, 0.6) is 0 Å². The molecule has 1 saturated carbocycles. The molecular formula is C15H18ClN3OS. The van der Waals surface area contributed by atoms with Crippen LogP contribution in [0.25, 0.3) is 10.2 Å². The molecule has 1 amide bonds. The maximum Gasteiger partial charge on any atom is 0.241 e. The number of hydrogen-bond donors (Lipinski definition) is 2. The van der Waals surface area contributed by atoms with Gasteiger partial charge in [-0.2, -0.15) is 0 Å². The van der Waals surface area contributed by atoms with Crippen molar-refractivity contribution in [3.05, 3.63) is 23.2 Å². The topological polar surface area (TPSA) is 54.0 Å². The summed E-state index contributed by atoms with van der Waals surface area (Å²) < 4.78 is 1.17. The van der Waals surface area contributed by atoms with Crippen LogP contribution in [0.4, 0.5) is 5.69 Å². The van der Waals surface area contributed by atoms with Crippen LogP contribution in [0.2, 0.25) is 0 Å². The highest BCUT2D eigenvalue weighted by molar-refractivity contribution is 7.18. The van der Waals surface area contributed by atoms with E-state index in [0.29, 0.717) is 5.92 Å². The molecule has 1 aromatic carbocycles. The summed E-state index contributed by atoms with van der Waals surface area (Å²) in [5.74, 6) is 0.766. The van der Waals surface area contributed by atoms with Crippen LogP contribution in [0.1, 0.15) is 36.6 Å². The van der Waals surface area contributed by atoms with Crippen molar-refractivity contribution in [2.45, 2.75) is 37.6 Å². The molecule has 1 saturated heterocycles. The van der Waals surface area contributed by atoms with E-state index in [9.17, 15) is 4.79 Å². The van der Waals surface area contributed by atoms with Gasteiger partial charge >= 0.3 is 0 Å². The van der Waals surface area contributed by atoms with E-state index in [1.54, 1.807) is 11.3 Å². The molecule has 1 aromatic heterocycles. The van der Waals surface area contributed by atoms with Crippen molar-refractivity contribution in [1.29, 1.82) is 0 Å². The van der Waals surface area contributed by atoms with Gasteiger partial charge in [-0.15, -0.1) is 23.7 Å². The maximum atomic E-state index is 12.1. The summed E-state index contributed by atoms with van der Waals surface area (Å²) in [6, 6.07) is 5.97. The third kappa shape index (κ3) is 3.05. The van der Waals surface area contributed by atoms with E-state index in [-0.39, 0.29) is 24.4 Å². The minimum absolute atomic E-state index is 0. The van der Waals surface area contributed by atoms with Crippen molar-refractivity contribution in [2.24, 2.45) is 0 Å². The summed E-state index contributed by atoms with van der Waals surface area (Å²) in [4.78, 5) is 16.8. The van der Waals surface area contributed by atoms with Crippen LogP contribution in [-0.2, 0) is 4.79 Å². The van der Waals surface area contributed by atoms with Gasteiger partial charge in [-0.3, -0.25) is 4.79 Å². The van der Waals surface area contributed by atoms with Gasteiger partial charge in [-0.1, -0.05) is 0 Å². The normalized spacial score (nSPS) is 21.2. The average Bonchev–Trinajstić information content (AvgIpc) is 3.00. The lowest BCUT2D eigenvalue weighted by molar-refractivity contribution is -0.117. The second-order valence-corrected chi connectivity index (χ2v) is 6.71. The van der Waals surface area contributed by atoms with Gasteiger partial charge in [0.2, 0.25) is 5.91 Å². The van der Waals surface area contributed by atoms with Crippen LogP contribution in [0, 0.1) is 0 Å². The van der Waals surface area contributed by atoms with E-state index >= 15 is 0 Å². The number of anilines is 1. The summed E-state index contributed by atoms with van der Waals surface area (Å²) in [5, 5.41) is 7.48. The Morgan fingerprint density at radius 2 is 2.19 bits per heavy atom. The highest BCUT2D eigenvalue weighted by atomic mass is 35.5. The SMILES string of the molecule is Cl.O=C(Nc1ccc2nc(C3CC3)sc2c1)C1CCCN1. The van der Waals surface area contributed by atoms with E-state index in [2.05, 4.69) is 15.6 Å². The van der Waals surface area contributed by atoms with Crippen molar-refractivity contribution in [1.82, 2.24) is 10.3 Å². The molecule has 1 aliphatic heterocycles. The summed E-state index contributed by atoms with van der Waals surface area (Å²) in [6.45, 7) is 0.941. The molecule has 0 bridgehead atoms. The molecule has 21 heavy (non-hydrogen) atoms. The standard InChI is InChI=1S/C15H17N3OS.ClH/c19-14(12-2-1-7-16-12)17-10-5-6-11-13(8-10)20-15(18-11)9-3-4-9;/h5-6,8-9,12,16H,1-4,7H2,(H,17,19);1H. The van der Waals surface area contributed by atoms with Gasteiger partial charge in [0.1, 0.15) is 0 Å². The molecular weight excluding hydrogens is 306 g/mol. The van der Waals surface area contributed by atoms with E-state index in [4.69, 9.17) is 0 Å². The smallest absolute Gasteiger partial charge is 0.241 e. The van der Waals surface area contributed by atoms with Crippen LogP contribution >= 0.6 is 23.7 Å². The lowest BCUT2D eigenvalue weighted by Crippen LogP contribution is -2.35. The van der Waals surface area contributed by atoms with Crippen molar-refractivity contribution in [3.63, 3.8) is 0 Å². The number of hydrogen-bond acceptors (Lipinski definition) is 4. The van der Waals surface area contributed by atoms with Crippen LogP contribution < -0.4 is 10.6 Å². The van der Waals surface area contributed by atoms with Crippen molar-refractivity contribution >= 4 is 45.6 Å². The number of thiazole rings is 1. The lowest BCUT2D eigenvalue weighted by atomic mass is 10.2. The zero-order valence-corrected chi connectivity index (χ0v) is 13.2. The number of amides is 1. The second kappa shape index (κ2) is 5.91. The van der Waals surface area contributed by atoms with Crippen LogP contribution in [0.3, 0.4) is 0 Å². The summed E-state index contributed by atoms with van der Waals surface area (Å²) in [6.07, 6.45) is 4.56. The number of nitrogens with zero attached hydrogens (tertiary/aromatic N) is 1. The Labute approximate surface area is 133 Å². The Kier molecular flexibility index (Phi) is 4.15. The lowest BCUT2D eigenvalue weighted by Gasteiger charge is -2.10. The number of aromatic nitrogens is 1. The highest BCUT2D eigenvalue weighted by Gasteiger charge is 2.27. The molecule has 0 spiro atoms. The fraction of sp³-hybridized carbons (Fsp3) is 0.467. The van der Waals surface area contributed by atoms with Gasteiger partial charge in [0.15, 0.2) is 0 Å². The molecule has 4 rings (SSSR count). The quantitative estimate of drug-likeness (QED) is 0.911. The molecule has 2 N–H and O–H groups in total.